The largest absolute Gasteiger partial charge is 0.225 e. The van der Waals surface area contributed by atoms with Crippen LogP contribution in [0.5, 0.6) is 0 Å². The number of nitrogens with one attached hydrogen (secondary N) is 1. The second-order valence-corrected chi connectivity index (χ2v) is 4.28. The third-order valence-electron chi connectivity index (χ3n) is 1.32. The Labute approximate surface area is 79.0 Å². The average Bonchev–Trinajstić information content (AvgIpc) is 2.04. The molecule has 72 valence electrons. The van der Waals surface area contributed by atoms with Gasteiger partial charge in [-0.1, -0.05) is 0 Å². The second kappa shape index (κ2) is 6.47. The van der Waals surface area contributed by atoms with Gasteiger partial charge in [-0.2, -0.15) is 5.26 Å². The molecule has 0 aromatic rings. The lowest BCUT2D eigenvalue weighted by atomic mass is 10.2. The average molecular weight is 200 g/mol. The number of hydrogen-bond acceptors (Lipinski definition) is 3. The van der Waals surface area contributed by atoms with E-state index in [1.807, 2.05) is 0 Å². The summed E-state index contributed by atoms with van der Waals surface area (Å²) in [5.74, 6) is 1.98. The van der Waals surface area contributed by atoms with E-state index in [1.54, 1.807) is 6.07 Å². The van der Waals surface area contributed by atoms with Crippen molar-refractivity contribution < 1.29 is 8.42 Å². The maximum Gasteiger partial charge on any atom is 0.225 e. The predicted molar refractivity (Wildman–Crippen MR) is 50.1 cm³/mol. The molecule has 0 saturated heterocycles. The van der Waals surface area contributed by atoms with Gasteiger partial charge in [0, 0.05) is 13.0 Å². The Morgan fingerprint density at radius 2 is 2.08 bits per heavy atom. The standard InChI is InChI=1S/C8H12N2O2S/c1-2-3-4-5-7-10-13(11,12)8-6-9/h1,10H,3-5,7-8H2. The van der Waals surface area contributed by atoms with E-state index in [2.05, 4.69) is 10.6 Å². The number of hydrogen-bond donors (Lipinski definition) is 1. The summed E-state index contributed by atoms with van der Waals surface area (Å²) in [6.07, 6.45) is 7.17. The van der Waals surface area contributed by atoms with Crippen molar-refractivity contribution in [3.8, 4) is 18.4 Å². The number of nitrogens with zero attached hydrogens (tertiary/aromatic N) is 1. The molecule has 0 aliphatic carbocycles. The van der Waals surface area contributed by atoms with Gasteiger partial charge in [0.05, 0.1) is 6.07 Å². The van der Waals surface area contributed by atoms with Gasteiger partial charge in [0.25, 0.3) is 0 Å². The monoisotopic (exact) mass is 200 g/mol. The molecule has 0 heterocycles. The van der Waals surface area contributed by atoms with Crippen LogP contribution in [0.2, 0.25) is 0 Å². The maximum absolute atomic E-state index is 10.9. The minimum Gasteiger partial charge on any atom is -0.214 e. The molecule has 0 spiro atoms. The molecule has 0 rings (SSSR count). The molecule has 5 heteroatoms. The van der Waals surface area contributed by atoms with Crippen molar-refractivity contribution in [1.29, 1.82) is 5.26 Å². The van der Waals surface area contributed by atoms with E-state index in [-0.39, 0.29) is 0 Å². The SMILES string of the molecule is C#CCCCCNS(=O)(=O)CC#N. The molecule has 0 aliphatic heterocycles. The summed E-state index contributed by atoms with van der Waals surface area (Å²) < 4.78 is 24.1. The number of rotatable bonds is 6. The summed E-state index contributed by atoms with van der Waals surface area (Å²) >= 11 is 0. The Bertz CT molecular complexity index is 308. The van der Waals surface area contributed by atoms with Crippen LogP contribution in [0.4, 0.5) is 0 Å². The second-order valence-electron chi connectivity index (χ2n) is 2.47. The van der Waals surface area contributed by atoms with Crippen molar-refractivity contribution in [3.05, 3.63) is 0 Å². The van der Waals surface area contributed by atoms with Crippen molar-refractivity contribution in [2.75, 3.05) is 12.3 Å². The molecule has 0 aromatic heterocycles. The minimum atomic E-state index is -3.38. The van der Waals surface area contributed by atoms with Gasteiger partial charge >= 0.3 is 0 Å². The van der Waals surface area contributed by atoms with E-state index >= 15 is 0 Å². The molecule has 0 radical (unpaired) electrons. The first-order valence-corrected chi connectivity index (χ1v) is 5.55. The zero-order valence-corrected chi connectivity index (χ0v) is 8.10. The Morgan fingerprint density at radius 3 is 2.62 bits per heavy atom. The topological polar surface area (TPSA) is 70.0 Å². The summed E-state index contributed by atoms with van der Waals surface area (Å²) in [5.41, 5.74) is 0. The molecule has 1 N–H and O–H groups in total. The zero-order chi connectivity index (χ0) is 10.2. The molecule has 0 atom stereocenters. The number of unbranched alkanes of at least 4 members (excludes halogenated alkanes) is 2. The molecular formula is C8H12N2O2S. The van der Waals surface area contributed by atoms with Crippen LogP contribution in [0.1, 0.15) is 19.3 Å². The molecule has 0 bridgehead atoms. The Kier molecular flexibility index (Phi) is 5.96. The number of nitriles is 1. The van der Waals surface area contributed by atoms with Gasteiger partial charge in [0.1, 0.15) is 0 Å². The van der Waals surface area contributed by atoms with Crippen LogP contribution in [-0.2, 0) is 10.0 Å². The first-order chi connectivity index (χ1) is 6.12. The smallest absolute Gasteiger partial charge is 0.214 e. The first-order valence-electron chi connectivity index (χ1n) is 3.90. The molecule has 0 unspecified atom stereocenters. The lowest BCUT2D eigenvalue weighted by Gasteiger charge is -2.01. The third-order valence-corrected chi connectivity index (χ3v) is 2.48. The van der Waals surface area contributed by atoms with Crippen molar-refractivity contribution in [2.24, 2.45) is 0 Å². The summed E-state index contributed by atoms with van der Waals surface area (Å²) in [4.78, 5) is 0. The van der Waals surface area contributed by atoms with E-state index < -0.39 is 15.8 Å². The summed E-state index contributed by atoms with van der Waals surface area (Å²) in [6.45, 7) is 0.353. The molecule has 0 saturated carbocycles. The highest BCUT2D eigenvalue weighted by molar-refractivity contribution is 7.89. The molecule has 0 fully saturated rings. The normalized spacial score (nSPS) is 10.3. The zero-order valence-electron chi connectivity index (χ0n) is 7.28. The fraction of sp³-hybridized carbons (Fsp3) is 0.625. The van der Waals surface area contributed by atoms with Gasteiger partial charge in [0.15, 0.2) is 5.75 Å². The van der Waals surface area contributed by atoms with Crippen LogP contribution in [0, 0.1) is 23.7 Å². The molecule has 0 aliphatic rings. The highest BCUT2D eigenvalue weighted by Crippen LogP contribution is 1.92. The van der Waals surface area contributed by atoms with Crippen LogP contribution >= 0.6 is 0 Å². The third kappa shape index (κ3) is 7.32. The highest BCUT2D eigenvalue weighted by Gasteiger charge is 2.06. The van der Waals surface area contributed by atoms with Crippen LogP contribution in [0.15, 0.2) is 0 Å². The summed E-state index contributed by atoms with van der Waals surface area (Å²) in [5, 5.41) is 8.15. The van der Waals surface area contributed by atoms with Gasteiger partial charge in [-0.25, -0.2) is 13.1 Å². The summed E-state index contributed by atoms with van der Waals surface area (Å²) in [7, 11) is -3.38. The fourth-order valence-corrected chi connectivity index (χ4v) is 1.44. The van der Waals surface area contributed by atoms with Crippen LogP contribution in [0.3, 0.4) is 0 Å². The van der Waals surface area contributed by atoms with E-state index in [9.17, 15) is 8.42 Å². The quantitative estimate of drug-likeness (QED) is 0.493. The maximum atomic E-state index is 10.9. The van der Waals surface area contributed by atoms with Crippen molar-refractivity contribution >= 4 is 10.0 Å². The number of sulfonamides is 1. The Morgan fingerprint density at radius 1 is 1.38 bits per heavy atom. The van der Waals surface area contributed by atoms with E-state index in [4.69, 9.17) is 11.7 Å². The molecule has 13 heavy (non-hydrogen) atoms. The molecule has 4 nitrogen and oxygen atoms in total. The Balaban J connectivity index is 3.55. The van der Waals surface area contributed by atoms with Crippen molar-refractivity contribution in [3.63, 3.8) is 0 Å². The Hall–Kier alpha value is -1.04. The number of terminal acetylenes is 1. The van der Waals surface area contributed by atoms with Gasteiger partial charge in [-0.05, 0) is 12.8 Å². The predicted octanol–water partition coefficient (Wildman–Crippen LogP) is 0.233. The van der Waals surface area contributed by atoms with Crippen molar-refractivity contribution in [2.45, 2.75) is 19.3 Å². The molecule has 0 amide bonds. The van der Waals surface area contributed by atoms with Crippen molar-refractivity contribution in [1.82, 2.24) is 4.72 Å². The molecular weight excluding hydrogens is 188 g/mol. The van der Waals surface area contributed by atoms with E-state index in [1.165, 1.54) is 0 Å². The molecule has 0 aromatic carbocycles. The van der Waals surface area contributed by atoms with Gasteiger partial charge in [-0.3, -0.25) is 0 Å². The lowest BCUT2D eigenvalue weighted by molar-refractivity contribution is 0.581. The van der Waals surface area contributed by atoms with Gasteiger partial charge in [0.2, 0.25) is 10.0 Å². The van der Waals surface area contributed by atoms with Crippen LogP contribution < -0.4 is 4.72 Å². The highest BCUT2D eigenvalue weighted by atomic mass is 32.2. The minimum absolute atomic E-state index is 0.353. The summed E-state index contributed by atoms with van der Waals surface area (Å²) in [6, 6.07) is 1.58. The van der Waals surface area contributed by atoms with Crippen LogP contribution in [-0.4, -0.2) is 20.7 Å². The first kappa shape index (κ1) is 12.0. The van der Waals surface area contributed by atoms with E-state index in [0.717, 1.165) is 6.42 Å². The fourth-order valence-electron chi connectivity index (χ4n) is 0.716. The lowest BCUT2D eigenvalue weighted by Crippen LogP contribution is -2.26. The van der Waals surface area contributed by atoms with Crippen LogP contribution in [0.25, 0.3) is 0 Å². The van der Waals surface area contributed by atoms with Gasteiger partial charge in [-0.15, -0.1) is 12.3 Å². The van der Waals surface area contributed by atoms with Gasteiger partial charge < -0.3 is 0 Å². The van der Waals surface area contributed by atoms with E-state index in [0.29, 0.717) is 19.4 Å².